The van der Waals surface area contributed by atoms with Crippen LogP contribution >= 0.6 is 27.3 Å². The summed E-state index contributed by atoms with van der Waals surface area (Å²) in [4.78, 5) is 5.78. The van der Waals surface area contributed by atoms with Gasteiger partial charge < -0.3 is 4.74 Å². The molecule has 0 aliphatic carbocycles. The van der Waals surface area contributed by atoms with Crippen molar-refractivity contribution >= 4 is 27.3 Å². The Labute approximate surface area is 117 Å². The van der Waals surface area contributed by atoms with Gasteiger partial charge in [-0.3, -0.25) is 0 Å². The van der Waals surface area contributed by atoms with Gasteiger partial charge in [-0.2, -0.15) is 5.26 Å². The van der Waals surface area contributed by atoms with Crippen molar-refractivity contribution in [3.8, 4) is 23.1 Å². The summed E-state index contributed by atoms with van der Waals surface area (Å²) in [6, 6.07) is 8.11. The van der Waals surface area contributed by atoms with Crippen LogP contribution in [0.4, 0.5) is 0 Å². The van der Waals surface area contributed by atoms with Crippen molar-refractivity contribution in [1.82, 2.24) is 4.98 Å². The predicted octanol–water partition coefficient (Wildman–Crippen LogP) is 3.57. The van der Waals surface area contributed by atoms with E-state index in [0.717, 1.165) is 32.9 Å². The lowest BCUT2D eigenvalue weighted by molar-refractivity contribution is 0.325. The average molecular weight is 321 g/mol. The maximum Gasteiger partial charge on any atom is 0.142 e. The standard InChI is InChI=1S/C13H9BrN2OS/c14-9-3-1-2-8-12-10(5-7-17-13(8)9)18-11(16-12)4-6-15/h1-3H,4-5,7H2. The second-order valence-corrected chi connectivity index (χ2v) is 5.95. The van der Waals surface area contributed by atoms with E-state index in [1.807, 2.05) is 18.2 Å². The summed E-state index contributed by atoms with van der Waals surface area (Å²) in [6.45, 7) is 0.650. The van der Waals surface area contributed by atoms with Gasteiger partial charge in [0.25, 0.3) is 0 Å². The number of fused-ring (bicyclic) bond motifs is 3. The minimum Gasteiger partial charge on any atom is -0.491 e. The molecule has 0 unspecified atom stereocenters. The molecule has 0 N–H and O–H groups in total. The lowest BCUT2D eigenvalue weighted by atomic mass is 10.1. The van der Waals surface area contributed by atoms with Gasteiger partial charge in [0.2, 0.25) is 0 Å². The third-order valence-corrected chi connectivity index (χ3v) is 4.51. The van der Waals surface area contributed by atoms with Gasteiger partial charge in [-0.05, 0) is 28.1 Å². The van der Waals surface area contributed by atoms with Gasteiger partial charge in [0, 0.05) is 16.9 Å². The van der Waals surface area contributed by atoms with Crippen LogP contribution in [-0.4, -0.2) is 11.6 Å². The van der Waals surface area contributed by atoms with Crippen LogP contribution in [0.2, 0.25) is 0 Å². The monoisotopic (exact) mass is 320 g/mol. The van der Waals surface area contributed by atoms with Gasteiger partial charge in [-0.1, -0.05) is 6.07 Å². The Morgan fingerprint density at radius 3 is 3.22 bits per heavy atom. The minimum atomic E-state index is 0.377. The molecular formula is C13H9BrN2OS. The first-order valence-electron chi connectivity index (χ1n) is 5.57. The summed E-state index contributed by atoms with van der Waals surface area (Å²) in [6.07, 6.45) is 1.22. The van der Waals surface area contributed by atoms with Crippen LogP contribution in [0, 0.1) is 11.3 Å². The molecule has 3 nitrogen and oxygen atoms in total. The molecule has 0 radical (unpaired) electrons. The highest BCUT2D eigenvalue weighted by molar-refractivity contribution is 9.10. The summed E-state index contributed by atoms with van der Waals surface area (Å²) in [7, 11) is 0. The summed E-state index contributed by atoms with van der Waals surface area (Å²) in [5, 5.41) is 9.64. The summed E-state index contributed by atoms with van der Waals surface area (Å²) >= 11 is 5.12. The van der Waals surface area contributed by atoms with Crippen LogP contribution in [0.3, 0.4) is 0 Å². The molecule has 3 rings (SSSR count). The highest BCUT2D eigenvalue weighted by Crippen LogP contribution is 2.41. The number of nitriles is 1. The van der Waals surface area contributed by atoms with Gasteiger partial charge in [0.05, 0.1) is 29.3 Å². The first-order chi connectivity index (χ1) is 8.79. The van der Waals surface area contributed by atoms with Crippen molar-refractivity contribution in [2.75, 3.05) is 6.61 Å². The zero-order valence-corrected chi connectivity index (χ0v) is 11.8. The van der Waals surface area contributed by atoms with E-state index in [1.54, 1.807) is 11.3 Å². The van der Waals surface area contributed by atoms with Crippen LogP contribution < -0.4 is 4.74 Å². The number of halogens is 1. The predicted molar refractivity (Wildman–Crippen MR) is 73.8 cm³/mol. The Morgan fingerprint density at radius 1 is 1.50 bits per heavy atom. The molecule has 2 heterocycles. The molecule has 1 aromatic carbocycles. The van der Waals surface area contributed by atoms with Gasteiger partial charge >= 0.3 is 0 Å². The zero-order chi connectivity index (χ0) is 12.5. The first kappa shape index (κ1) is 11.7. The summed E-state index contributed by atoms with van der Waals surface area (Å²) in [5.41, 5.74) is 1.98. The minimum absolute atomic E-state index is 0.377. The topological polar surface area (TPSA) is 45.9 Å². The maximum absolute atomic E-state index is 8.76. The smallest absolute Gasteiger partial charge is 0.142 e. The molecule has 5 heteroatoms. The van der Waals surface area contributed by atoms with Crippen LogP contribution in [-0.2, 0) is 12.8 Å². The third kappa shape index (κ3) is 1.92. The molecule has 1 aromatic heterocycles. The fourth-order valence-corrected chi connectivity index (χ4v) is 3.49. The van der Waals surface area contributed by atoms with E-state index >= 15 is 0 Å². The van der Waals surface area contributed by atoms with E-state index in [1.165, 1.54) is 4.88 Å². The second-order valence-electron chi connectivity index (χ2n) is 3.93. The fraction of sp³-hybridized carbons (Fsp3) is 0.231. The SMILES string of the molecule is N#CCc1nc2c(s1)CCOc1c(Br)cccc1-2. The van der Waals surface area contributed by atoms with Crippen LogP contribution in [0.5, 0.6) is 5.75 Å². The Morgan fingerprint density at radius 2 is 2.39 bits per heavy atom. The van der Waals surface area contributed by atoms with Crippen molar-refractivity contribution < 1.29 is 4.74 Å². The third-order valence-electron chi connectivity index (χ3n) is 2.77. The number of benzene rings is 1. The maximum atomic E-state index is 8.76. The Hall–Kier alpha value is -1.38. The molecular weight excluding hydrogens is 312 g/mol. The number of hydrogen-bond donors (Lipinski definition) is 0. The molecule has 0 saturated heterocycles. The molecule has 0 spiro atoms. The number of ether oxygens (including phenoxy) is 1. The Bertz CT molecular complexity index is 645. The summed E-state index contributed by atoms with van der Waals surface area (Å²) in [5.74, 6) is 0.852. The fourth-order valence-electron chi connectivity index (χ4n) is 2.01. The van der Waals surface area contributed by atoms with Crippen LogP contribution in [0.15, 0.2) is 22.7 Å². The average Bonchev–Trinajstić information content (AvgIpc) is 2.67. The molecule has 0 bridgehead atoms. The van der Waals surface area contributed by atoms with E-state index < -0.39 is 0 Å². The van der Waals surface area contributed by atoms with E-state index in [2.05, 4.69) is 27.0 Å². The quantitative estimate of drug-likeness (QED) is 0.806. The Kier molecular flexibility index (Phi) is 3.06. The molecule has 18 heavy (non-hydrogen) atoms. The van der Waals surface area contributed by atoms with Gasteiger partial charge in [-0.15, -0.1) is 11.3 Å². The van der Waals surface area contributed by atoms with Crippen molar-refractivity contribution in [3.63, 3.8) is 0 Å². The number of thiazole rings is 1. The zero-order valence-electron chi connectivity index (χ0n) is 9.44. The molecule has 1 aliphatic heterocycles. The van der Waals surface area contributed by atoms with Gasteiger partial charge in [0.15, 0.2) is 0 Å². The second kappa shape index (κ2) is 4.71. The van der Waals surface area contributed by atoms with Crippen molar-refractivity contribution in [1.29, 1.82) is 5.26 Å². The number of nitrogens with zero attached hydrogens (tertiary/aromatic N) is 2. The number of aromatic nitrogens is 1. The molecule has 0 fully saturated rings. The normalized spacial score (nSPS) is 12.9. The lowest BCUT2D eigenvalue weighted by Crippen LogP contribution is -1.98. The number of rotatable bonds is 1. The highest BCUT2D eigenvalue weighted by atomic mass is 79.9. The molecule has 2 aromatic rings. The molecule has 0 saturated carbocycles. The largest absolute Gasteiger partial charge is 0.491 e. The van der Waals surface area contributed by atoms with E-state index in [9.17, 15) is 0 Å². The Balaban J connectivity index is 2.18. The number of para-hydroxylation sites is 1. The van der Waals surface area contributed by atoms with Crippen molar-refractivity contribution in [2.24, 2.45) is 0 Å². The molecule has 0 amide bonds. The number of hydrogen-bond acceptors (Lipinski definition) is 4. The van der Waals surface area contributed by atoms with Crippen LogP contribution in [0.25, 0.3) is 11.3 Å². The van der Waals surface area contributed by atoms with Gasteiger partial charge in [-0.25, -0.2) is 4.98 Å². The van der Waals surface area contributed by atoms with Crippen molar-refractivity contribution in [3.05, 3.63) is 32.6 Å². The van der Waals surface area contributed by atoms with Crippen molar-refractivity contribution in [2.45, 2.75) is 12.8 Å². The van der Waals surface area contributed by atoms with E-state index in [0.29, 0.717) is 13.0 Å². The van der Waals surface area contributed by atoms with E-state index in [-0.39, 0.29) is 0 Å². The van der Waals surface area contributed by atoms with Crippen LogP contribution in [0.1, 0.15) is 9.88 Å². The van der Waals surface area contributed by atoms with E-state index in [4.69, 9.17) is 10.00 Å². The lowest BCUT2D eigenvalue weighted by Gasteiger charge is -2.08. The van der Waals surface area contributed by atoms with Gasteiger partial charge in [0.1, 0.15) is 10.8 Å². The summed E-state index contributed by atoms with van der Waals surface area (Å²) < 4.78 is 6.72. The molecule has 0 atom stereocenters. The first-order valence-corrected chi connectivity index (χ1v) is 7.18. The molecule has 1 aliphatic rings. The highest BCUT2D eigenvalue weighted by Gasteiger charge is 2.21. The molecule has 90 valence electrons.